The molecule has 0 aromatic heterocycles. The summed E-state index contributed by atoms with van der Waals surface area (Å²) in [7, 11) is 1.56. The fourth-order valence-electron chi connectivity index (χ4n) is 4.12. The number of benzene rings is 2. The lowest BCUT2D eigenvalue weighted by Gasteiger charge is -2.39. The molecule has 1 fully saturated rings. The van der Waals surface area contributed by atoms with Gasteiger partial charge in [-0.3, -0.25) is 9.69 Å². The van der Waals surface area contributed by atoms with Crippen LogP contribution in [0.25, 0.3) is 0 Å². The number of carbonyl (C=O) groups excluding carboxylic acids is 1. The van der Waals surface area contributed by atoms with Gasteiger partial charge in [0.2, 0.25) is 5.91 Å². The predicted octanol–water partition coefficient (Wildman–Crippen LogP) is 4.62. The molecule has 1 N–H and O–H groups in total. The zero-order valence-electron chi connectivity index (χ0n) is 18.6. The Balaban J connectivity index is 1.67. The molecule has 1 saturated heterocycles. The third kappa shape index (κ3) is 5.14. The first-order valence-electron chi connectivity index (χ1n) is 10.9. The Bertz CT molecular complexity index is 840. The number of ether oxygens (including phenoxy) is 1. The molecule has 162 valence electrons. The van der Waals surface area contributed by atoms with Crippen molar-refractivity contribution in [1.29, 1.82) is 0 Å². The molecule has 0 bridgehead atoms. The number of rotatable bonds is 7. The predicted molar refractivity (Wildman–Crippen MR) is 121 cm³/mol. The Morgan fingerprint density at radius 2 is 1.77 bits per heavy atom. The second-order valence-electron chi connectivity index (χ2n) is 8.40. The van der Waals surface area contributed by atoms with E-state index in [9.17, 15) is 9.90 Å². The maximum Gasteiger partial charge on any atom is 0.229 e. The highest BCUT2D eigenvalue weighted by Crippen LogP contribution is 2.29. The van der Waals surface area contributed by atoms with Crippen molar-refractivity contribution in [3.05, 3.63) is 53.6 Å². The van der Waals surface area contributed by atoms with Gasteiger partial charge in [-0.05, 0) is 54.7 Å². The Hall–Kier alpha value is -2.53. The second-order valence-corrected chi connectivity index (χ2v) is 8.40. The minimum atomic E-state index is -0.0313. The Morgan fingerprint density at radius 1 is 1.13 bits per heavy atom. The average molecular weight is 411 g/mol. The number of aromatic hydroxyl groups is 1. The number of phenols is 1. The second kappa shape index (κ2) is 9.98. The van der Waals surface area contributed by atoms with Crippen LogP contribution in [0.2, 0.25) is 0 Å². The summed E-state index contributed by atoms with van der Waals surface area (Å²) >= 11 is 0. The SMILES string of the molecule is CCc1ccc(N(C(=O)C(C)C)C2CCN(Cc3ccc(OC)c(O)c3)CC2)cc1. The van der Waals surface area contributed by atoms with Crippen molar-refractivity contribution in [2.45, 2.75) is 52.6 Å². The minimum Gasteiger partial charge on any atom is -0.504 e. The molecule has 5 heteroatoms. The van der Waals surface area contributed by atoms with Crippen LogP contribution in [0.5, 0.6) is 11.5 Å². The molecule has 2 aromatic rings. The van der Waals surface area contributed by atoms with Crippen LogP contribution in [-0.4, -0.2) is 42.2 Å². The molecule has 3 rings (SSSR count). The normalized spacial score (nSPS) is 15.4. The number of piperidine rings is 1. The van der Waals surface area contributed by atoms with Crippen molar-refractivity contribution in [3.63, 3.8) is 0 Å². The lowest BCUT2D eigenvalue weighted by atomic mass is 9.99. The van der Waals surface area contributed by atoms with Gasteiger partial charge in [-0.1, -0.05) is 39.0 Å². The number of aryl methyl sites for hydroxylation is 1. The van der Waals surface area contributed by atoms with E-state index in [-0.39, 0.29) is 23.6 Å². The van der Waals surface area contributed by atoms with Crippen LogP contribution < -0.4 is 9.64 Å². The van der Waals surface area contributed by atoms with Gasteiger partial charge in [0.25, 0.3) is 0 Å². The molecule has 1 aliphatic heterocycles. The molecule has 0 atom stereocenters. The third-order valence-corrected chi connectivity index (χ3v) is 5.93. The smallest absolute Gasteiger partial charge is 0.229 e. The van der Waals surface area contributed by atoms with Gasteiger partial charge in [0, 0.05) is 37.3 Å². The van der Waals surface area contributed by atoms with Gasteiger partial charge in [0.05, 0.1) is 7.11 Å². The molecule has 0 spiro atoms. The maximum absolute atomic E-state index is 13.0. The van der Waals surface area contributed by atoms with E-state index in [1.807, 2.05) is 24.8 Å². The van der Waals surface area contributed by atoms with Crippen molar-refractivity contribution < 1.29 is 14.6 Å². The van der Waals surface area contributed by atoms with Crippen molar-refractivity contribution in [2.24, 2.45) is 5.92 Å². The van der Waals surface area contributed by atoms with E-state index < -0.39 is 0 Å². The summed E-state index contributed by atoms with van der Waals surface area (Å²) < 4.78 is 5.13. The van der Waals surface area contributed by atoms with Crippen LogP contribution >= 0.6 is 0 Å². The summed E-state index contributed by atoms with van der Waals surface area (Å²) in [6, 6.07) is 14.2. The molecule has 30 heavy (non-hydrogen) atoms. The largest absolute Gasteiger partial charge is 0.504 e. The van der Waals surface area contributed by atoms with Crippen molar-refractivity contribution in [3.8, 4) is 11.5 Å². The van der Waals surface area contributed by atoms with E-state index in [1.54, 1.807) is 19.2 Å². The van der Waals surface area contributed by atoms with Crippen molar-refractivity contribution >= 4 is 11.6 Å². The highest BCUT2D eigenvalue weighted by Gasteiger charge is 2.30. The lowest BCUT2D eigenvalue weighted by molar-refractivity contribution is -0.122. The summed E-state index contributed by atoms with van der Waals surface area (Å²) in [6.45, 7) is 8.72. The van der Waals surface area contributed by atoms with Gasteiger partial charge in [-0.2, -0.15) is 0 Å². The number of carbonyl (C=O) groups is 1. The molecular weight excluding hydrogens is 376 g/mol. The quantitative estimate of drug-likeness (QED) is 0.724. The van der Waals surface area contributed by atoms with Crippen LogP contribution in [0, 0.1) is 5.92 Å². The summed E-state index contributed by atoms with van der Waals surface area (Å²) in [4.78, 5) is 17.5. The van der Waals surface area contributed by atoms with Gasteiger partial charge >= 0.3 is 0 Å². The minimum absolute atomic E-state index is 0.0313. The number of phenolic OH excluding ortho intramolecular Hbond substituents is 1. The first kappa shape index (κ1) is 22.2. The van der Waals surface area contributed by atoms with E-state index in [4.69, 9.17) is 4.74 Å². The van der Waals surface area contributed by atoms with Gasteiger partial charge in [-0.15, -0.1) is 0 Å². The van der Waals surface area contributed by atoms with Gasteiger partial charge in [-0.25, -0.2) is 0 Å². The van der Waals surface area contributed by atoms with Gasteiger partial charge < -0.3 is 14.7 Å². The standard InChI is InChI=1S/C25H34N2O3/c1-5-19-6-9-21(10-7-19)27(25(29)18(2)3)22-12-14-26(15-13-22)17-20-8-11-24(30-4)23(28)16-20/h6-11,16,18,22,28H,5,12-15,17H2,1-4H3. The van der Waals surface area contributed by atoms with Crippen LogP contribution in [0.1, 0.15) is 44.7 Å². The molecule has 0 radical (unpaired) electrons. The monoisotopic (exact) mass is 410 g/mol. The zero-order valence-corrected chi connectivity index (χ0v) is 18.6. The molecule has 2 aromatic carbocycles. The van der Waals surface area contributed by atoms with Gasteiger partial charge in [0.15, 0.2) is 11.5 Å². The molecule has 0 unspecified atom stereocenters. The topological polar surface area (TPSA) is 53.0 Å². The number of amides is 1. The van der Waals surface area contributed by atoms with Crippen LogP contribution in [0.3, 0.4) is 0 Å². The van der Waals surface area contributed by atoms with Crippen LogP contribution in [-0.2, 0) is 17.8 Å². The number of anilines is 1. The van der Waals surface area contributed by atoms with E-state index in [2.05, 4.69) is 36.1 Å². The summed E-state index contributed by atoms with van der Waals surface area (Å²) in [6.07, 6.45) is 2.88. The Kier molecular flexibility index (Phi) is 7.38. The Morgan fingerprint density at radius 3 is 2.30 bits per heavy atom. The van der Waals surface area contributed by atoms with Crippen molar-refractivity contribution in [1.82, 2.24) is 4.90 Å². The molecular formula is C25H34N2O3. The van der Waals surface area contributed by atoms with E-state index in [0.29, 0.717) is 5.75 Å². The van der Waals surface area contributed by atoms with E-state index in [1.165, 1.54) is 5.56 Å². The fourth-order valence-corrected chi connectivity index (χ4v) is 4.12. The number of hydrogen-bond donors (Lipinski definition) is 1. The van der Waals surface area contributed by atoms with Crippen LogP contribution in [0.15, 0.2) is 42.5 Å². The zero-order chi connectivity index (χ0) is 21.7. The first-order chi connectivity index (χ1) is 14.4. The number of likely N-dealkylation sites (tertiary alicyclic amines) is 1. The maximum atomic E-state index is 13.0. The molecule has 0 aliphatic carbocycles. The molecule has 5 nitrogen and oxygen atoms in total. The molecule has 1 aliphatic rings. The van der Waals surface area contributed by atoms with Crippen molar-refractivity contribution in [2.75, 3.05) is 25.1 Å². The van der Waals surface area contributed by atoms with Gasteiger partial charge in [0.1, 0.15) is 0 Å². The highest BCUT2D eigenvalue weighted by molar-refractivity contribution is 5.95. The molecule has 1 heterocycles. The third-order valence-electron chi connectivity index (χ3n) is 5.93. The summed E-state index contributed by atoms with van der Waals surface area (Å²) in [5.41, 5.74) is 3.36. The first-order valence-corrected chi connectivity index (χ1v) is 10.9. The fraction of sp³-hybridized carbons (Fsp3) is 0.480. The van der Waals surface area contributed by atoms with E-state index in [0.717, 1.165) is 50.1 Å². The Labute approximate surface area is 180 Å². The average Bonchev–Trinajstić information content (AvgIpc) is 2.75. The number of nitrogens with zero attached hydrogens (tertiary/aromatic N) is 2. The van der Waals surface area contributed by atoms with E-state index >= 15 is 0 Å². The molecule has 1 amide bonds. The highest BCUT2D eigenvalue weighted by atomic mass is 16.5. The molecule has 0 saturated carbocycles. The van der Waals surface area contributed by atoms with Crippen LogP contribution in [0.4, 0.5) is 5.69 Å². The lowest BCUT2D eigenvalue weighted by Crippen LogP contribution is -2.48. The summed E-state index contributed by atoms with van der Waals surface area (Å²) in [5, 5.41) is 10.0. The summed E-state index contributed by atoms with van der Waals surface area (Å²) in [5.74, 6) is 0.831. The number of hydrogen-bond acceptors (Lipinski definition) is 4. The number of methoxy groups -OCH3 is 1.